The van der Waals surface area contributed by atoms with Gasteiger partial charge in [0.2, 0.25) is 15.9 Å². The van der Waals surface area contributed by atoms with E-state index in [2.05, 4.69) is 4.98 Å². The van der Waals surface area contributed by atoms with E-state index in [0.717, 1.165) is 16.7 Å². The standard InChI is InChI=1S/C16H17N3O7S2/c20-14(19-5-8-25-16(19)21)10-27-15-17-12-9-11(1-2-13(12)26-15)28(22,23)18-3-6-24-7-4-18/h1-2,9H,3-8,10H2. The van der Waals surface area contributed by atoms with Crippen LogP contribution in [0.4, 0.5) is 4.79 Å². The minimum atomic E-state index is -3.63. The lowest BCUT2D eigenvalue weighted by atomic mass is 10.3. The van der Waals surface area contributed by atoms with Gasteiger partial charge in [-0.2, -0.15) is 4.31 Å². The minimum Gasteiger partial charge on any atom is -0.447 e. The fraction of sp³-hybridized carbons (Fsp3) is 0.438. The van der Waals surface area contributed by atoms with Crippen LogP contribution in [-0.2, 0) is 24.3 Å². The Balaban J connectivity index is 1.48. The van der Waals surface area contributed by atoms with Gasteiger partial charge in [-0.25, -0.2) is 23.1 Å². The Hall–Kier alpha value is -2.15. The summed E-state index contributed by atoms with van der Waals surface area (Å²) in [5, 5.41) is 0.219. The molecule has 0 aliphatic carbocycles. The second kappa shape index (κ2) is 7.70. The van der Waals surface area contributed by atoms with Gasteiger partial charge in [-0.05, 0) is 18.2 Å². The molecule has 0 N–H and O–H groups in total. The molecule has 1 aromatic heterocycles. The summed E-state index contributed by atoms with van der Waals surface area (Å²) in [5.41, 5.74) is 0.793. The molecular weight excluding hydrogens is 410 g/mol. The SMILES string of the molecule is O=C(CSc1nc2cc(S(=O)(=O)N3CCOCC3)ccc2o1)N1CCOC1=O. The third-order valence-corrected chi connectivity index (χ3v) is 7.04. The third kappa shape index (κ3) is 3.72. The lowest BCUT2D eigenvalue weighted by molar-refractivity contribution is -0.125. The van der Waals surface area contributed by atoms with Crippen molar-refractivity contribution >= 4 is 44.9 Å². The number of carbonyl (C=O) groups excluding carboxylic acids is 2. The number of carbonyl (C=O) groups is 2. The molecule has 2 amide bonds. The highest BCUT2D eigenvalue weighted by Gasteiger charge is 2.29. The number of rotatable bonds is 5. The molecule has 28 heavy (non-hydrogen) atoms. The van der Waals surface area contributed by atoms with Crippen molar-refractivity contribution in [2.24, 2.45) is 0 Å². The van der Waals surface area contributed by atoms with Crippen LogP contribution < -0.4 is 0 Å². The molecular formula is C16H17N3O7S2. The average Bonchev–Trinajstić information content (AvgIpc) is 3.31. The van der Waals surface area contributed by atoms with Gasteiger partial charge in [0.25, 0.3) is 5.22 Å². The molecule has 2 fully saturated rings. The van der Waals surface area contributed by atoms with Crippen molar-refractivity contribution in [2.45, 2.75) is 10.1 Å². The number of hydrogen-bond donors (Lipinski definition) is 0. The number of sulfonamides is 1. The quantitative estimate of drug-likeness (QED) is 0.642. The number of cyclic esters (lactones) is 1. The van der Waals surface area contributed by atoms with Gasteiger partial charge in [-0.3, -0.25) is 4.79 Å². The van der Waals surface area contributed by atoms with Crippen LogP contribution in [0.2, 0.25) is 0 Å². The summed E-state index contributed by atoms with van der Waals surface area (Å²) < 4.78 is 42.3. The summed E-state index contributed by atoms with van der Waals surface area (Å²) in [6, 6.07) is 4.46. The van der Waals surface area contributed by atoms with Crippen LogP contribution in [-0.4, -0.2) is 79.8 Å². The summed E-state index contributed by atoms with van der Waals surface area (Å²) in [7, 11) is -3.63. The highest BCUT2D eigenvalue weighted by atomic mass is 32.2. The maximum absolute atomic E-state index is 12.7. The van der Waals surface area contributed by atoms with E-state index in [4.69, 9.17) is 13.9 Å². The number of thioether (sulfide) groups is 1. The second-order valence-electron chi connectivity index (χ2n) is 6.07. The lowest BCUT2D eigenvalue weighted by Gasteiger charge is -2.25. The van der Waals surface area contributed by atoms with Crippen LogP contribution in [0.3, 0.4) is 0 Å². The van der Waals surface area contributed by atoms with Crippen LogP contribution >= 0.6 is 11.8 Å². The number of morpholine rings is 1. The molecule has 2 aliphatic heterocycles. The van der Waals surface area contributed by atoms with Gasteiger partial charge in [-0.15, -0.1) is 0 Å². The molecule has 0 atom stereocenters. The fourth-order valence-corrected chi connectivity index (χ4v) is 5.01. The number of oxazole rings is 1. The van der Waals surface area contributed by atoms with Crippen LogP contribution in [0.5, 0.6) is 0 Å². The van der Waals surface area contributed by atoms with Crippen molar-refractivity contribution in [1.29, 1.82) is 0 Å². The summed E-state index contributed by atoms with van der Waals surface area (Å²) in [5.74, 6) is -0.439. The van der Waals surface area contributed by atoms with E-state index in [1.165, 1.54) is 16.4 Å². The molecule has 3 heterocycles. The van der Waals surface area contributed by atoms with Gasteiger partial charge < -0.3 is 13.9 Å². The monoisotopic (exact) mass is 427 g/mol. The van der Waals surface area contributed by atoms with E-state index in [-0.39, 0.29) is 29.0 Å². The van der Waals surface area contributed by atoms with E-state index < -0.39 is 22.0 Å². The first-order valence-corrected chi connectivity index (χ1v) is 11.0. The van der Waals surface area contributed by atoms with E-state index in [9.17, 15) is 18.0 Å². The Kier molecular flexibility index (Phi) is 5.27. The van der Waals surface area contributed by atoms with Crippen molar-refractivity contribution in [3.8, 4) is 0 Å². The molecule has 4 rings (SSSR count). The summed E-state index contributed by atoms with van der Waals surface area (Å²) in [4.78, 5) is 28.8. The van der Waals surface area contributed by atoms with Gasteiger partial charge in [0.15, 0.2) is 5.58 Å². The van der Waals surface area contributed by atoms with E-state index in [1.807, 2.05) is 0 Å². The first-order valence-electron chi connectivity index (χ1n) is 8.53. The maximum atomic E-state index is 12.7. The molecule has 12 heteroatoms. The average molecular weight is 427 g/mol. The van der Waals surface area contributed by atoms with Crippen LogP contribution in [0.25, 0.3) is 11.1 Å². The number of imide groups is 1. The predicted molar refractivity (Wildman–Crippen MR) is 97.4 cm³/mol. The molecule has 0 bridgehead atoms. The second-order valence-corrected chi connectivity index (χ2v) is 8.94. The van der Waals surface area contributed by atoms with Crippen molar-refractivity contribution in [3.63, 3.8) is 0 Å². The Morgan fingerprint density at radius 1 is 1.18 bits per heavy atom. The number of nitrogens with zero attached hydrogens (tertiary/aromatic N) is 3. The first kappa shape index (κ1) is 19.2. The van der Waals surface area contributed by atoms with Gasteiger partial charge in [0, 0.05) is 13.1 Å². The van der Waals surface area contributed by atoms with Crippen molar-refractivity contribution < 1.29 is 31.9 Å². The smallest absolute Gasteiger partial charge is 0.416 e. The molecule has 0 spiro atoms. The summed E-state index contributed by atoms with van der Waals surface area (Å²) in [6.07, 6.45) is -0.652. The zero-order chi connectivity index (χ0) is 19.7. The molecule has 10 nitrogen and oxygen atoms in total. The number of fused-ring (bicyclic) bond motifs is 1. The summed E-state index contributed by atoms with van der Waals surface area (Å²) >= 11 is 1.03. The molecule has 2 saturated heterocycles. The molecule has 2 aromatic rings. The van der Waals surface area contributed by atoms with Crippen molar-refractivity contribution in [3.05, 3.63) is 18.2 Å². The number of amides is 2. The van der Waals surface area contributed by atoms with Crippen LogP contribution in [0, 0.1) is 0 Å². The lowest BCUT2D eigenvalue weighted by Crippen LogP contribution is -2.40. The van der Waals surface area contributed by atoms with Crippen LogP contribution in [0.1, 0.15) is 0 Å². The maximum Gasteiger partial charge on any atom is 0.416 e. The van der Waals surface area contributed by atoms with Gasteiger partial charge in [0.05, 0.1) is 30.4 Å². The van der Waals surface area contributed by atoms with Crippen molar-refractivity contribution in [1.82, 2.24) is 14.2 Å². The number of hydrogen-bond acceptors (Lipinski definition) is 9. The van der Waals surface area contributed by atoms with Gasteiger partial charge in [0.1, 0.15) is 12.1 Å². The zero-order valence-electron chi connectivity index (χ0n) is 14.7. The molecule has 0 saturated carbocycles. The Morgan fingerprint density at radius 2 is 1.96 bits per heavy atom. The Morgan fingerprint density at radius 3 is 2.68 bits per heavy atom. The summed E-state index contributed by atoms with van der Waals surface area (Å²) in [6.45, 7) is 1.77. The Bertz CT molecular complexity index is 1010. The van der Waals surface area contributed by atoms with Gasteiger partial charge in [-0.1, -0.05) is 11.8 Å². The number of benzene rings is 1. The predicted octanol–water partition coefficient (Wildman–Crippen LogP) is 0.920. The topological polar surface area (TPSA) is 119 Å². The molecule has 2 aliphatic rings. The van der Waals surface area contributed by atoms with E-state index >= 15 is 0 Å². The molecule has 1 aromatic carbocycles. The molecule has 0 unspecified atom stereocenters. The normalized spacial score (nSPS) is 18.6. The first-order chi connectivity index (χ1) is 13.4. The van der Waals surface area contributed by atoms with Crippen molar-refractivity contribution in [2.75, 3.05) is 45.2 Å². The highest BCUT2D eigenvalue weighted by Crippen LogP contribution is 2.27. The number of ether oxygens (including phenoxy) is 2. The fourth-order valence-electron chi connectivity index (χ4n) is 2.87. The van der Waals surface area contributed by atoms with E-state index in [0.29, 0.717) is 37.4 Å². The van der Waals surface area contributed by atoms with Gasteiger partial charge >= 0.3 is 6.09 Å². The van der Waals surface area contributed by atoms with E-state index in [1.54, 1.807) is 6.07 Å². The highest BCUT2D eigenvalue weighted by molar-refractivity contribution is 7.99. The third-order valence-electron chi connectivity index (χ3n) is 4.33. The largest absolute Gasteiger partial charge is 0.447 e. The minimum absolute atomic E-state index is 0.0408. The number of aromatic nitrogens is 1. The molecule has 0 radical (unpaired) electrons. The van der Waals surface area contributed by atoms with Crippen LogP contribution in [0.15, 0.2) is 32.7 Å². The Labute approximate surface area is 164 Å². The molecule has 150 valence electrons. The zero-order valence-corrected chi connectivity index (χ0v) is 16.3.